The molecule has 0 unspecified atom stereocenters. The van der Waals surface area contributed by atoms with E-state index in [1.54, 1.807) is 0 Å². The van der Waals surface area contributed by atoms with E-state index in [9.17, 15) is 13.6 Å². The molecule has 0 radical (unpaired) electrons. The number of hydrogen-bond acceptors (Lipinski definition) is 3. The van der Waals surface area contributed by atoms with Gasteiger partial charge in [0, 0.05) is 17.3 Å². The molecule has 1 amide bonds. The predicted octanol–water partition coefficient (Wildman–Crippen LogP) is 2.93. The van der Waals surface area contributed by atoms with Gasteiger partial charge < -0.3 is 15.2 Å². The van der Waals surface area contributed by atoms with E-state index in [4.69, 9.17) is 9.84 Å². The standard InChI is InChI=1S/C14H11F2NO3/c1-20-13-5-2-8(6-11(13)16)14(19)17-9-3-4-12(18)10(15)7-9/h2-7,18H,1H3,(H,17,19). The average molecular weight is 279 g/mol. The summed E-state index contributed by atoms with van der Waals surface area (Å²) in [7, 11) is 1.32. The van der Waals surface area contributed by atoms with Crippen molar-refractivity contribution in [1.82, 2.24) is 0 Å². The van der Waals surface area contributed by atoms with Crippen LogP contribution in [0.3, 0.4) is 0 Å². The number of aromatic hydroxyl groups is 1. The smallest absolute Gasteiger partial charge is 0.255 e. The number of halogens is 2. The summed E-state index contributed by atoms with van der Waals surface area (Å²) in [6, 6.07) is 7.13. The Bertz CT molecular complexity index is 659. The zero-order chi connectivity index (χ0) is 14.7. The van der Waals surface area contributed by atoms with E-state index >= 15 is 0 Å². The molecule has 0 atom stereocenters. The molecule has 2 aromatic carbocycles. The van der Waals surface area contributed by atoms with Crippen LogP contribution in [0.2, 0.25) is 0 Å². The Morgan fingerprint density at radius 2 is 1.90 bits per heavy atom. The molecule has 0 saturated carbocycles. The van der Waals surface area contributed by atoms with Gasteiger partial charge in [-0.25, -0.2) is 8.78 Å². The van der Waals surface area contributed by atoms with Gasteiger partial charge >= 0.3 is 0 Å². The fraction of sp³-hybridized carbons (Fsp3) is 0.0714. The summed E-state index contributed by atoms with van der Waals surface area (Å²) in [5.74, 6) is -2.62. The van der Waals surface area contributed by atoms with E-state index in [-0.39, 0.29) is 17.0 Å². The largest absolute Gasteiger partial charge is 0.505 e. The van der Waals surface area contributed by atoms with Gasteiger partial charge in [-0.1, -0.05) is 0 Å². The number of benzene rings is 2. The van der Waals surface area contributed by atoms with E-state index in [1.807, 2.05) is 0 Å². The highest BCUT2D eigenvalue weighted by atomic mass is 19.1. The zero-order valence-electron chi connectivity index (χ0n) is 10.5. The molecule has 6 heteroatoms. The van der Waals surface area contributed by atoms with Crippen LogP contribution in [0, 0.1) is 11.6 Å². The van der Waals surface area contributed by atoms with Crippen molar-refractivity contribution in [1.29, 1.82) is 0 Å². The van der Waals surface area contributed by atoms with Crippen molar-refractivity contribution in [3.05, 3.63) is 53.6 Å². The lowest BCUT2D eigenvalue weighted by atomic mass is 10.2. The van der Waals surface area contributed by atoms with Crippen molar-refractivity contribution in [2.75, 3.05) is 12.4 Å². The van der Waals surface area contributed by atoms with Crippen molar-refractivity contribution in [3.63, 3.8) is 0 Å². The van der Waals surface area contributed by atoms with Gasteiger partial charge in [0.2, 0.25) is 0 Å². The van der Waals surface area contributed by atoms with E-state index < -0.39 is 23.3 Å². The normalized spacial score (nSPS) is 10.2. The molecular formula is C14H11F2NO3. The summed E-state index contributed by atoms with van der Waals surface area (Å²) >= 11 is 0. The molecule has 104 valence electrons. The maximum atomic E-state index is 13.5. The lowest BCUT2D eigenvalue weighted by Crippen LogP contribution is -2.12. The first kappa shape index (κ1) is 13.8. The molecule has 0 aliphatic rings. The fourth-order valence-corrected chi connectivity index (χ4v) is 1.60. The minimum absolute atomic E-state index is 0.0252. The molecule has 2 aromatic rings. The molecule has 20 heavy (non-hydrogen) atoms. The highest BCUT2D eigenvalue weighted by molar-refractivity contribution is 6.04. The summed E-state index contributed by atoms with van der Waals surface area (Å²) in [5, 5.41) is 11.4. The Hall–Kier alpha value is -2.63. The Balaban J connectivity index is 2.19. The Morgan fingerprint density at radius 1 is 1.15 bits per heavy atom. The minimum atomic E-state index is -0.858. The number of phenolic OH excluding ortho intramolecular Hbond substituents is 1. The third-order valence-corrected chi connectivity index (χ3v) is 2.62. The molecule has 0 aromatic heterocycles. The number of carbonyl (C=O) groups excluding carboxylic acids is 1. The van der Waals surface area contributed by atoms with Gasteiger partial charge in [0.25, 0.3) is 5.91 Å². The van der Waals surface area contributed by atoms with Crippen LogP contribution in [0.1, 0.15) is 10.4 Å². The molecule has 2 N–H and O–H groups in total. The second kappa shape index (κ2) is 5.56. The maximum absolute atomic E-state index is 13.5. The highest BCUT2D eigenvalue weighted by Crippen LogP contribution is 2.21. The van der Waals surface area contributed by atoms with E-state index in [0.29, 0.717) is 0 Å². The minimum Gasteiger partial charge on any atom is -0.505 e. The van der Waals surface area contributed by atoms with Crippen molar-refractivity contribution in [3.8, 4) is 11.5 Å². The SMILES string of the molecule is COc1ccc(C(=O)Nc2ccc(O)c(F)c2)cc1F. The lowest BCUT2D eigenvalue weighted by molar-refractivity contribution is 0.102. The quantitative estimate of drug-likeness (QED) is 0.849. The molecule has 0 spiro atoms. The summed E-state index contributed by atoms with van der Waals surface area (Å²) in [5.41, 5.74) is 0.221. The van der Waals surface area contributed by atoms with Gasteiger partial charge in [0.15, 0.2) is 23.1 Å². The monoisotopic (exact) mass is 279 g/mol. The predicted molar refractivity (Wildman–Crippen MR) is 69.0 cm³/mol. The van der Waals surface area contributed by atoms with Crippen LogP contribution >= 0.6 is 0 Å². The van der Waals surface area contributed by atoms with E-state index in [0.717, 1.165) is 18.2 Å². The first-order valence-electron chi connectivity index (χ1n) is 5.64. The molecule has 0 fully saturated rings. The Labute approximate surface area is 113 Å². The molecular weight excluding hydrogens is 268 g/mol. The van der Waals surface area contributed by atoms with Crippen molar-refractivity contribution in [2.45, 2.75) is 0 Å². The molecule has 4 nitrogen and oxygen atoms in total. The summed E-state index contributed by atoms with van der Waals surface area (Å²) in [6.07, 6.45) is 0. The first-order chi connectivity index (χ1) is 9.51. The van der Waals surface area contributed by atoms with Crippen LogP contribution in [0.5, 0.6) is 11.5 Å². The number of rotatable bonds is 3. The van der Waals surface area contributed by atoms with E-state index in [2.05, 4.69) is 5.32 Å². The zero-order valence-corrected chi connectivity index (χ0v) is 10.5. The number of anilines is 1. The van der Waals surface area contributed by atoms with Gasteiger partial charge in [0.1, 0.15) is 0 Å². The number of nitrogens with one attached hydrogen (secondary N) is 1. The van der Waals surface area contributed by atoms with Crippen LogP contribution in [0.15, 0.2) is 36.4 Å². The maximum Gasteiger partial charge on any atom is 0.255 e. The van der Waals surface area contributed by atoms with Crippen molar-refractivity contribution < 1.29 is 23.4 Å². The summed E-state index contributed by atoms with van der Waals surface area (Å²) in [6.45, 7) is 0. The van der Waals surface area contributed by atoms with Crippen LogP contribution < -0.4 is 10.1 Å². The number of amides is 1. The van der Waals surface area contributed by atoms with Gasteiger partial charge in [-0.05, 0) is 30.3 Å². The molecule has 0 heterocycles. The molecule has 0 aliphatic heterocycles. The second-order valence-electron chi connectivity index (χ2n) is 3.97. The number of carbonyl (C=O) groups is 1. The Kier molecular flexibility index (Phi) is 3.84. The van der Waals surface area contributed by atoms with Crippen LogP contribution in [-0.4, -0.2) is 18.1 Å². The van der Waals surface area contributed by atoms with E-state index in [1.165, 1.54) is 25.3 Å². The van der Waals surface area contributed by atoms with Crippen molar-refractivity contribution >= 4 is 11.6 Å². The van der Waals surface area contributed by atoms with Crippen molar-refractivity contribution in [2.24, 2.45) is 0 Å². The number of methoxy groups -OCH3 is 1. The highest BCUT2D eigenvalue weighted by Gasteiger charge is 2.11. The number of ether oxygens (including phenoxy) is 1. The first-order valence-corrected chi connectivity index (χ1v) is 5.64. The summed E-state index contributed by atoms with van der Waals surface area (Å²) < 4.78 is 31.3. The van der Waals surface area contributed by atoms with Gasteiger partial charge in [-0.3, -0.25) is 4.79 Å². The average Bonchev–Trinajstić information content (AvgIpc) is 2.42. The number of hydrogen-bond donors (Lipinski definition) is 2. The van der Waals surface area contributed by atoms with Crippen LogP contribution in [0.25, 0.3) is 0 Å². The van der Waals surface area contributed by atoms with Crippen LogP contribution in [0.4, 0.5) is 14.5 Å². The number of phenols is 1. The third kappa shape index (κ3) is 2.85. The van der Waals surface area contributed by atoms with Gasteiger partial charge in [-0.15, -0.1) is 0 Å². The fourth-order valence-electron chi connectivity index (χ4n) is 1.60. The second-order valence-corrected chi connectivity index (χ2v) is 3.97. The summed E-state index contributed by atoms with van der Waals surface area (Å²) in [4.78, 5) is 11.9. The van der Waals surface area contributed by atoms with Crippen LogP contribution in [-0.2, 0) is 0 Å². The molecule has 0 bridgehead atoms. The molecule has 2 rings (SSSR count). The van der Waals surface area contributed by atoms with Gasteiger partial charge in [0.05, 0.1) is 7.11 Å². The molecule has 0 aliphatic carbocycles. The van der Waals surface area contributed by atoms with Gasteiger partial charge in [-0.2, -0.15) is 0 Å². The lowest BCUT2D eigenvalue weighted by Gasteiger charge is -2.07. The molecule has 0 saturated heterocycles. The topological polar surface area (TPSA) is 58.6 Å². The Morgan fingerprint density at radius 3 is 2.50 bits per heavy atom. The third-order valence-electron chi connectivity index (χ3n) is 2.62.